The molecule has 1 amide bonds. The SMILES string of the molecule is CN(O)C(=O)C=Cc1ccc2c(ccc3ccccc32)c1. The summed E-state index contributed by atoms with van der Waals surface area (Å²) in [5.74, 6) is -0.450. The summed E-state index contributed by atoms with van der Waals surface area (Å²) in [5, 5.41) is 14.3. The number of carbonyl (C=O) groups excluding carboxylic acids is 1. The molecule has 0 aliphatic rings. The van der Waals surface area contributed by atoms with Gasteiger partial charge in [-0.15, -0.1) is 0 Å². The molecule has 0 radical (unpaired) electrons. The van der Waals surface area contributed by atoms with E-state index in [9.17, 15) is 4.79 Å². The van der Waals surface area contributed by atoms with Crippen LogP contribution in [0.15, 0.2) is 60.7 Å². The Bertz CT molecular complexity index is 850. The molecule has 0 aliphatic heterocycles. The lowest BCUT2D eigenvalue weighted by molar-refractivity contribution is -0.153. The van der Waals surface area contributed by atoms with Gasteiger partial charge in [0.15, 0.2) is 0 Å². The number of carbonyl (C=O) groups is 1. The molecular formula is C18H15NO2. The summed E-state index contributed by atoms with van der Waals surface area (Å²) < 4.78 is 0. The number of hydrogen-bond acceptors (Lipinski definition) is 2. The molecule has 0 saturated carbocycles. The minimum atomic E-state index is -0.450. The zero-order chi connectivity index (χ0) is 14.8. The lowest BCUT2D eigenvalue weighted by Crippen LogP contribution is -2.19. The molecule has 3 nitrogen and oxygen atoms in total. The Morgan fingerprint density at radius 3 is 2.52 bits per heavy atom. The average Bonchev–Trinajstić information content (AvgIpc) is 2.52. The van der Waals surface area contributed by atoms with E-state index in [0.717, 1.165) is 10.9 Å². The largest absolute Gasteiger partial charge is 0.286 e. The van der Waals surface area contributed by atoms with Gasteiger partial charge in [0.05, 0.1) is 0 Å². The van der Waals surface area contributed by atoms with Crippen LogP contribution in [0.5, 0.6) is 0 Å². The molecule has 104 valence electrons. The van der Waals surface area contributed by atoms with Crippen molar-refractivity contribution in [3.8, 4) is 0 Å². The second-order valence-corrected chi connectivity index (χ2v) is 4.96. The smallest absolute Gasteiger partial charge is 0.269 e. The van der Waals surface area contributed by atoms with E-state index < -0.39 is 5.91 Å². The van der Waals surface area contributed by atoms with Gasteiger partial charge >= 0.3 is 0 Å². The van der Waals surface area contributed by atoms with Gasteiger partial charge in [-0.25, -0.2) is 5.06 Å². The lowest BCUT2D eigenvalue weighted by Gasteiger charge is -2.05. The molecule has 0 unspecified atom stereocenters. The third-order valence-electron chi connectivity index (χ3n) is 3.51. The minimum absolute atomic E-state index is 0.450. The van der Waals surface area contributed by atoms with Crippen molar-refractivity contribution >= 4 is 33.5 Å². The molecule has 0 aliphatic carbocycles. The van der Waals surface area contributed by atoms with Crippen molar-refractivity contribution in [2.45, 2.75) is 0 Å². The molecule has 0 saturated heterocycles. The molecule has 1 N–H and O–H groups in total. The molecule has 3 aromatic rings. The zero-order valence-electron chi connectivity index (χ0n) is 11.7. The van der Waals surface area contributed by atoms with Gasteiger partial charge in [-0.3, -0.25) is 10.0 Å². The Labute approximate surface area is 122 Å². The van der Waals surface area contributed by atoms with E-state index in [1.165, 1.54) is 29.3 Å². The summed E-state index contributed by atoms with van der Waals surface area (Å²) in [6.07, 6.45) is 3.05. The number of rotatable bonds is 2. The van der Waals surface area contributed by atoms with E-state index in [1.54, 1.807) is 6.08 Å². The second-order valence-electron chi connectivity index (χ2n) is 4.96. The Hall–Kier alpha value is -2.65. The third kappa shape index (κ3) is 2.64. The van der Waals surface area contributed by atoms with Crippen LogP contribution in [0.4, 0.5) is 0 Å². The third-order valence-corrected chi connectivity index (χ3v) is 3.51. The number of benzene rings is 3. The number of hydrogen-bond donors (Lipinski definition) is 1. The molecule has 0 atom stereocenters. The number of fused-ring (bicyclic) bond motifs is 3. The quantitative estimate of drug-likeness (QED) is 0.334. The van der Waals surface area contributed by atoms with Gasteiger partial charge < -0.3 is 0 Å². The number of nitrogens with zero attached hydrogens (tertiary/aromatic N) is 1. The monoisotopic (exact) mass is 277 g/mol. The first-order chi connectivity index (χ1) is 10.1. The van der Waals surface area contributed by atoms with Gasteiger partial charge in [0.1, 0.15) is 0 Å². The fraction of sp³-hybridized carbons (Fsp3) is 0.0556. The van der Waals surface area contributed by atoms with Crippen LogP contribution in [0.1, 0.15) is 5.56 Å². The summed E-state index contributed by atoms with van der Waals surface area (Å²) in [4.78, 5) is 11.3. The van der Waals surface area contributed by atoms with Crippen molar-refractivity contribution in [3.05, 3.63) is 66.2 Å². The zero-order valence-corrected chi connectivity index (χ0v) is 11.7. The van der Waals surface area contributed by atoms with E-state index in [4.69, 9.17) is 5.21 Å². The predicted molar refractivity (Wildman–Crippen MR) is 85.0 cm³/mol. The molecule has 3 heteroatoms. The number of hydroxylamine groups is 2. The highest BCUT2D eigenvalue weighted by Gasteiger charge is 2.02. The highest BCUT2D eigenvalue weighted by Crippen LogP contribution is 2.26. The summed E-state index contributed by atoms with van der Waals surface area (Å²) in [5.41, 5.74) is 0.924. The molecule has 0 spiro atoms. The van der Waals surface area contributed by atoms with Crippen LogP contribution in [0.2, 0.25) is 0 Å². The van der Waals surface area contributed by atoms with Crippen molar-refractivity contribution in [1.82, 2.24) is 5.06 Å². The van der Waals surface area contributed by atoms with Gasteiger partial charge in [0.2, 0.25) is 0 Å². The van der Waals surface area contributed by atoms with Crippen molar-refractivity contribution in [2.75, 3.05) is 7.05 Å². The molecule has 0 bridgehead atoms. The predicted octanol–water partition coefficient (Wildman–Crippen LogP) is 3.85. The maximum atomic E-state index is 11.3. The highest BCUT2D eigenvalue weighted by atomic mass is 16.5. The van der Waals surface area contributed by atoms with E-state index >= 15 is 0 Å². The first-order valence-corrected chi connectivity index (χ1v) is 6.71. The standard InChI is InChI=1S/C18H15NO2/c1-19(21)18(20)11-7-13-6-10-17-15(12-13)9-8-14-4-2-3-5-16(14)17/h2-12,21H,1H3. The molecule has 3 rings (SSSR count). The minimum Gasteiger partial charge on any atom is -0.286 e. The fourth-order valence-corrected chi connectivity index (χ4v) is 2.41. The summed E-state index contributed by atoms with van der Waals surface area (Å²) >= 11 is 0. The maximum absolute atomic E-state index is 11.3. The van der Waals surface area contributed by atoms with E-state index in [0.29, 0.717) is 5.06 Å². The van der Waals surface area contributed by atoms with Crippen LogP contribution in [-0.2, 0) is 4.79 Å². The highest BCUT2D eigenvalue weighted by molar-refractivity contribution is 6.08. The molecule has 21 heavy (non-hydrogen) atoms. The van der Waals surface area contributed by atoms with Crippen molar-refractivity contribution in [2.24, 2.45) is 0 Å². The van der Waals surface area contributed by atoms with Gasteiger partial charge in [-0.2, -0.15) is 0 Å². The molecule has 3 aromatic carbocycles. The van der Waals surface area contributed by atoms with Crippen LogP contribution >= 0.6 is 0 Å². The Morgan fingerprint density at radius 1 is 1.00 bits per heavy atom. The topological polar surface area (TPSA) is 40.5 Å². The Kier molecular flexibility index (Phi) is 3.42. The molecule has 0 heterocycles. The van der Waals surface area contributed by atoms with Crippen LogP contribution in [-0.4, -0.2) is 23.2 Å². The summed E-state index contributed by atoms with van der Waals surface area (Å²) in [6.45, 7) is 0. The first-order valence-electron chi connectivity index (χ1n) is 6.71. The van der Waals surface area contributed by atoms with Gasteiger partial charge in [0, 0.05) is 13.1 Å². The van der Waals surface area contributed by atoms with Crippen molar-refractivity contribution in [3.63, 3.8) is 0 Å². The Balaban J connectivity index is 2.05. The van der Waals surface area contributed by atoms with Crippen LogP contribution in [0.3, 0.4) is 0 Å². The number of amides is 1. The molecule has 0 aromatic heterocycles. The van der Waals surface area contributed by atoms with Crippen LogP contribution in [0.25, 0.3) is 27.6 Å². The molecular weight excluding hydrogens is 262 g/mol. The maximum Gasteiger partial charge on any atom is 0.269 e. The Morgan fingerprint density at radius 2 is 1.71 bits per heavy atom. The first kappa shape index (κ1) is 13.3. The van der Waals surface area contributed by atoms with Gasteiger partial charge in [0.25, 0.3) is 5.91 Å². The fourth-order valence-electron chi connectivity index (χ4n) is 2.41. The van der Waals surface area contributed by atoms with Crippen molar-refractivity contribution in [1.29, 1.82) is 0 Å². The summed E-state index contributed by atoms with van der Waals surface area (Å²) in [7, 11) is 1.30. The van der Waals surface area contributed by atoms with E-state index in [2.05, 4.69) is 30.3 Å². The summed E-state index contributed by atoms with van der Waals surface area (Å²) in [6, 6.07) is 18.5. The van der Waals surface area contributed by atoms with Gasteiger partial charge in [-0.05, 0) is 39.3 Å². The van der Waals surface area contributed by atoms with Gasteiger partial charge in [-0.1, -0.05) is 48.5 Å². The van der Waals surface area contributed by atoms with Crippen molar-refractivity contribution < 1.29 is 10.0 Å². The number of likely N-dealkylation sites (N-methyl/N-ethyl adjacent to an activating group) is 1. The normalized spacial score (nSPS) is 11.3. The lowest BCUT2D eigenvalue weighted by atomic mass is 10.00. The van der Waals surface area contributed by atoms with E-state index in [1.807, 2.05) is 24.3 Å². The van der Waals surface area contributed by atoms with Crippen LogP contribution < -0.4 is 0 Å². The van der Waals surface area contributed by atoms with Crippen LogP contribution in [0, 0.1) is 0 Å². The average molecular weight is 277 g/mol. The second kappa shape index (κ2) is 5.38. The van der Waals surface area contributed by atoms with E-state index in [-0.39, 0.29) is 0 Å². The molecule has 0 fully saturated rings.